The number of hydrogen-bond donors (Lipinski definition) is 1. The number of para-hydroxylation sites is 1. The van der Waals surface area contributed by atoms with E-state index in [1.165, 1.54) is 12.1 Å². The third-order valence-corrected chi connectivity index (χ3v) is 5.64. The van der Waals surface area contributed by atoms with Crippen molar-refractivity contribution in [1.82, 2.24) is 5.32 Å². The van der Waals surface area contributed by atoms with Gasteiger partial charge in [0.25, 0.3) is 11.8 Å². The molecule has 0 unspecified atom stereocenters. The highest BCUT2D eigenvalue weighted by atomic mass is 79.9. The van der Waals surface area contributed by atoms with Crippen molar-refractivity contribution in [2.24, 2.45) is 0 Å². The summed E-state index contributed by atoms with van der Waals surface area (Å²) in [5.74, 6) is -0.917. The highest BCUT2D eigenvalue weighted by molar-refractivity contribution is 9.10. The van der Waals surface area contributed by atoms with Gasteiger partial charge in [-0.2, -0.15) is 0 Å². The smallest absolute Gasteiger partial charge is 0.335 e. The Hall–Kier alpha value is -3.42. The summed E-state index contributed by atoms with van der Waals surface area (Å²) in [6.07, 6.45) is 1.42. The number of barbiturate groups is 1. The van der Waals surface area contributed by atoms with Crippen molar-refractivity contribution in [2.75, 3.05) is 4.90 Å². The molecule has 1 aliphatic heterocycles. The standard InChI is InChI=1S/C24H16BrClN2O4/c25-18-13-16(10-11-21(18)32-14-15-6-2-1-3-7-15)12-17-22(29)27-24(31)28(23(17)30)20-9-5-4-8-19(20)26/h1-13H,14H2,(H,27,29,31)/b17-12+. The topological polar surface area (TPSA) is 75.7 Å². The quantitative estimate of drug-likeness (QED) is 0.370. The van der Waals surface area contributed by atoms with E-state index in [0.717, 1.165) is 10.5 Å². The lowest BCUT2D eigenvalue weighted by atomic mass is 10.1. The summed E-state index contributed by atoms with van der Waals surface area (Å²) in [4.78, 5) is 38.5. The Kier molecular flexibility index (Phi) is 6.39. The van der Waals surface area contributed by atoms with Crippen molar-refractivity contribution < 1.29 is 19.1 Å². The van der Waals surface area contributed by atoms with Gasteiger partial charge in [-0.25, -0.2) is 9.69 Å². The molecule has 0 radical (unpaired) electrons. The number of benzene rings is 3. The zero-order valence-corrected chi connectivity index (χ0v) is 18.9. The lowest BCUT2D eigenvalue weighted by Crippen LogP contribution is -2.54. The monoisotopic (exact) mass is 510 g/mol. The first-order valence-corrected chi connectivity index (χ1v) is 10.7. The van der Waals surface area contributed by atoms with Gasteiger partial charge in [0, 0.05) is 0 Å². The lowest BCUT2D eigenvalue weighted by molar-refractivity contribution is -0.122. The fraction of sp³-hybridized carbons (Fsp3) is 0.0417. The minimum Gasteiger partial charge on any atom is -0.488 e. The third kappa shape index (κ3) is 4.59. The first-order chi connectivity index (χ1) is 15.4. The summed E-state index contributed by atoms with van der Waals surface area (Å²) in [6, 6.07) is 20.5. The number of nitrogens with zero attached hydrogens (tertiary/aromatic N) is 1. The highest BCUT2D eigenvalue weighted by Gasteiger charge is 2.37. The second-order valence-electron chi connectivity index (χ2n) is 6.87. The van der Waals surface area contributed by atoms with Gasteiger partial charge in [-0.1, -0.05) is 60.1 Å². The van der Waals surface area contributed by atoms with Crippen molar-refractivity contribution in [3.8, 4) is 5.75 Å². The molecule has 3 aromatic rings. The molecule has 1 N–H and O–H groups in total. The van der Waals surface area contributed by atoms with E-state index >= 15 is 0 Å². The van der Waals surface area contributed by atoms with Crippen LogP contribution in [0.2, 0.25) is 5.02 Å². The molecule has 1 aliphatic rings. The van der Waals surface area contributed by atoms with Gasteiger partial charge in [-0.3, -0.25) is 14.9 Å². The molecule has 8 heteroatoms. The first-order valence-electron chi connectivity index (χ1n) is 9.56. The maximum atomic E-state index is 13.0. The summed E-state index contributed by atoms with van der Waals surface area (Å²) >= 11 is 9.61. The van der Waals surface area contributed by atoms with Crippen LogP contribution >= 0.6 is 27.5 Å². The molecule has 1 fully saturated rings. The van der Waals surface area contributed by atoms with Crippen LogP contribution in [-0.2, 0) is 16.2 Å². The maximum absolute atomic E-state index is 13.0. The van der Waals surface area contributed by atoms with Crippen molar-refractivity contribution in [1.29, 1.82) is 0 Å². The van der Waals surface area contributed by atoms with Gasteiger partial charge >= 0.3 is 6.03 Å². The number of urea groups is 1. The number of anilines is 1. The summed E-state index contributed by atoms with van der Waals surface area (Å²) < 4.78 is 6.49. The number of ether oxygens (including phenoxy) is 1. The van der Waals surface area contributed by atoms with Crippen LogP contribution in [0.4, 0.5) is 10.5 Å². The Balaban J connectivity index is 1.58. The normalized spacial score (nSPS) is 15.1. The molecule has 6 nitrogen and oxygen atoms in total. The number of nitrogens with one attached hydrogen (secondary N) is 1. The predicted octanol–water partition coefficient (Wildman–Crippen LogP) is 5.35. The summed E-state index contributed by atoms with van der Waals surface area (Å²) in [7, 11) is 0. The Morgan fingerprint density at radius 1 is 0.969 bits per heavy atom. The molecule has 1 heterocycles. The second kappa shape index (κ2) is 9.38. The van der Waals surface area contributed by atoms with Gasteiger partial charge < -0.3 is 4.74 Å². The molecule has 1 saturated heterocycles. The van der Waals surface area contributed by atoms with E-state index in [2.05, 4.69) is 21.2 Å². The van der Waals surface area contributed by atoms with Crippen LogP contribution in [0.5, 0.6) is 5.75 Å². The second-order valence-corrected chi connectivity index (χ2v) is 8.13. The molecule has 0 bridgehead atoms. The van der Waals surface area contributed by atoms with Crippen LogP contribution in [0.15, 0.2) is 82.8 Å². The van der Waals surface area contributed by atoms with Crippen LogP contribution in [0.1, 0.15) is 11.1 Å². The summed E-state index contributed by atoms with van der Waals surface area (Å²) in [6.45, 7) is 0.398. The molecule has 4 rings (SSSR count). The van der Waals surface area contributed by atoms with E-state index in [-0.39, 0.29) is 16.3 Å². The van der Waals surface area contributed by atoms with E-state index in [1.54, 1.807) is 36.4 Å². The van der Waals surface area contributed by atoms with Gasteiger partial charge in [0.15, 0.2) is 0 Å². The minimum absolute atomic E-state index is 0.186. The zero-order valence-electron chi connectivity index (χ0n) is 16.5. The maximum Gasteiger partial charge on any atom is 0.335 e. The van der Waals surface area contributed by atoms with Crippen molar-refractivity contribution in [3.05, 3.63) is 99.0 Å². The van der Waals surface area contributed by atoms with Crippen LogP contribution in [0.3, 0.4) is 0 Å². The van der Waals surface area contributed by atoms with Crippen LogP contribution in [0, 0.1) is 0 Å². The molecular formula is C24H16BrClN2O4. The predicted molar refractivity (Wildman–Crippen MR) is 125 cm³/mol. The first kappa shape index (κ1) is 21.8. The van der Waals surface area contributed by atoms with Crippen LogP contribution < -0.4 is 15.0 Å². The van der Waals surface area contributed by atoms with E-state index in [9.17, 15) is 14.4 Å². The van der Waals surface area contributed by atoms with Gasteiger partial charge in [-0.15, -0.1) is 0 Å². The van der Waals surface area contributed by atoms with Crippen LogP contribution in [-0.4, -0.2) is 17.8 Å². The van der Waals surface area contributed by atoms with Gasteiger partial charge in [0.2, 0.25) is 0 Å². The molecular weight excluding hydrogens is 496 g/mol. The molecule has 0 atom stereocenters. The number of halogens is 2. The molecule has 0 saturated carbocycles. The molecule has 0 aliphatic carbocycles. The number of amides is 4. The largest absolute Gasteiger partial charge is 0.488 e. The molecule has 0 spiro atoms. The Bertz CT molecular complexity index is 1240. The number of carbonyl (C=O) groups is 3. The lowest BCUT2D eigenvalue weighted by Gasteiger charge is -2.27. The number of carbonyl (C=O) groups excluding carboxylic acids is 3. The zero-order chi connectivity index (χ0) is 22.7. The average molecular weight is 512 g/mol. The van der Waals surface area contributed by atoms with Gasteiger partial charge in [0.05, 0.1) is 15.2 Å². The molecule has 160 valence electrons. The Morgan fingerprint density at radius 3 is 2.41 bits per heavy atom. The highest BCUT2D eigenvalue weighted by Crippen LogP contribution is 2.30. The van der Waals surface area contributed by atoms with Crippen molar-refractivity contribution >= 4 is 57.1 Å². The van der Waals surface area contributed by atoms with E-state index in [0.29, 0.717) is 22.4 Å². The number of rotatable bonds is 5. The van der Waals surface area contributed by atoms with Crippen molar-refractivity contribution in [3.63, 3.8) is 0 Å². The fourth-order valence-corrected chi connectivity index (χ4v) is 3.87. The molecule has 32 heavy (non-hydrogen) atoms. The SMILES string of the molecule is O=C1NC(=O)N(c2ccccc2Cl)C(=O)/C1=C/c1ccc(OCc2ccccc2)c(Br)c1. The third-order valence-electron chi connectivity index (χ3n) is 4.70. The fourth-order valence-electron chi connectivity index (χ4n) is 3.14. The number of hydrogen-bond acceptors (Lipinski definition) is 4. The van der Waals surface area contributed by atoms with Gasteiger partial charge in [-0.05, 0) is 57.4 Å². The minimum atomic E-state index is -0.851. The Morgan fingerprint density at radius 2 is 1.69 bits per heavy atom. The van der Waals surface area contributed by atoms with Crippen molar-refractivity contribution in [2.45, 2.75) is 6.61 Å². The number of imide groups is 2. The van der Waals surface area contributed by atoms with Gasteiger partial charge in [0.1, 0.15) is 17.9 Å². The van der Waals surface area contributed by atoms with E-state index < -0.39 is 17.8 Å². The average Bonchev–Trinajstić information content (AvgIpc) is 2.78. The van der Waals surface area contributed by atoms with Crippen LogP contribution in [0.25, 0.3) is 6.08 Å². The Labute approximate surface area is 197 Å². The summed E-state index contributed by atoms with van der Waals surface area (Å²) in [5.41, 5.74) is 1.62. The molecule has 3 aromatic carbocycles. The molecule has 4 amide bonds. The molecule has 0 aromatic heterocycles. The van der Waals surface area contributed by atoms with E-state index in [1.807, 2.05) is 30.3 Å². The summed E-state index contributed by atoms with van der Waals surface area (Å²) in [5, 5.41) is 2.40. The van der Waals surface area contributed by atoms with E-state index in [4.69, 9.17) is 16.3 Å².